The standard InChI is InChI=1S/C22H22ClFN2O2S2/c23-18-5-1-6-19-21(18)25-22(30-19)26(14-16-4-2-12-28-16)20(27)7-3-13-29-17-10-8-15(24)9-11-17/h1,5-6,8-11,16H,2-4,7,12-14H2. The molecule has 0 spiro atoms. The smallest absolute Gasteiger partial charge is 0.228 e. The van der Waals surface area contributed by atoms with Crippen molar-refractivity contribution in [1.29, 1.82) is 0 Å². The lowest BCUT2D eigenvalue weighted by atomic mass is 10.2. The molecule has 0 saturated carbocycles. The Morgan fingerprint density at radius 3 is 2.87 bits per heavy atom. The van der Waals surface area contributed by atoms with Gasteiger partial charge in [-0.3, -0.25) is 9.69 Å². The van der Waals surface area contributed by atoms with Crippen LogP contribution in [0.4, 0.5) is 9.52 Å². The summed E-state index contributed by atoms with van der Waals surface area (Å²) in [7, 11) is 0. The second-order valence-corrected chi connectivity index (χ2v) is 9.71. The molecule has 1 saturated heterocycles. The fourth-order valence-electron chi connectivity index (χ4n) is 3.38. The lowest BCUT2D eigenvalue weighted by Crippen LogP contribution is -2.37. The number of hydrogen-bond donors (Lipinski definition) is 0. The first kappa shape index (κ1) is 21.6. The van der Waals surface area contributed by atoms with Crippen molar-refractivity contribution in [3.05, 3.63) is 53.3 Å². The van der Waals surface area contributed by atoms with Gasteiger partial charge >= 0.3 is 0 Å². The van der Waals surface area contributed by atoms with Crippen LogP contribution in [0, 0.1) is 5.82 Å². The summed E-state index contributed by atoms with van der Waals surface area (Å²) in [5.74, 6) is 0.590. The van der Waals surface area contributed by atoms with E-state index >= 15 is 0 Å². The molecule has 1 aliphatic rings. The Labute approximate surface area is 188 Å². The van der Waals surface area contributed by atoms with Crippen LogP contribution in [0.3, 0.4) is 0 Å². The Bertz CT molecular complexity index is 1010. The molecule has 1 atom stereocenters. The van der Waals surface area contributed by atoms with Crippen molar-refractivity contribution < 1.29 is 13.9 Å². The summed E-state index contributed by atoms with van der Waals surface area (Å²) in [6, 6.07) is 12.1. The normalized spacial score (nSPS) is 16.3. The Morgan fingerprint density at radius 1 is 1.30 bits per heavy atom. The van der Waals surface area contributed by atoms with Gasteiger partial charge in [0.25, 0.3) is 0 Å². The molecule has 8 heteroatoms. The molecule has 0 aliphatic carbocycles. The third kappa shape index (κ3) is 5.32. The molecule has 158 valence electrons. The van der Waals surface area contributed by atoms with E-state index in [4.69, 9.17) is 16.3 Å². The highest BCUT2D eigenvalue weighted by molar-refractivity contribution is 7.99. The molecular formula is C22H22ClFN2O2S2. The summed E-state index contributed by atoms with van der Waals surface area (Å²) in [4.78, 5) is 20.5. The highest BCUT2D eigenvalue weighted by Crippen LogP contribution is 2.34. The second-order valence-electron chi connectivity index (χ2n) is 7.13. The number of fused-ring (bicyclic) bond motifs is 1. The van der Waals surface area contributed by atoms with Crippen LogP contribution in [0.15, 0.2) is 47.4 Å². The Hall–Kier alpha value is -1.67. The molecule has 1 fully saturated rings. The first-order valence-electron chi connectivity index (χ1n) is 9.95. The van der Waals surface area contributed by atoms with Gasteiger partial charge in [0.1, 0.15) is 11.3 Å². The van der Waals surface area contributed by atoms with Crippen molar-refractivity contribution in [2.45, 2.75) is 36.7 Å². The van der Waals surface area contributed by atoms with Crippen molar-refractivity contribution in [2.24, 2.45) is 0 Å². The number of thiazole rings is 1. The molecule has 0 bridgehead atoms. The lowest BCUT2D eigenvalue weighted by Gasteiger charge is -2.23. The maximum absolute atomic E-state index is 13.1. The molecule has 4 nitrogen and oxygen atoms in total. The quantitative estimate of drug-likeness (QED) is 0.295. The largest absolute Gasteiger partial charge is 0.376 e. The highest BCUT2D eigenvalue weighted by atomic mass is 35.5. The average Bonchev–Trinajstić information content (AvgIpc) is 3.41. The van der Waals surface area contributed by atoms with Crippen LogP contribution >= 0.6 is 34.7 Å². The third-order valence-corrected chi connectivity index (χ3v) is 7.36. The number of nitrogens with zero attached hydrogens (tertiary/aromatic N) is 2. The fraction of sp³-hybridized carbons (Fsp3) is 0.364. The van der Waals surface area contributed by atoms with E-state index in [-0.39, 0.29) is 17.8 Å². The fourth-order valence-corrected chi connectivity index (χ4v) is 5.52. The molecule has 0 N–H and O–H groups in total. The minimum atomic E-state index is -0.241. The SMILES string of the molecule is O=C(CCCSc1ccc(F)cc1)N(CC1CCCO1)c1nc2c(Cl)cccc2s1. The van der Waals surface area contributed by atoms with E-state index in [0.717, 1.165) is 46.7 Å². The lowest BCUT2D eigenvalue weighted by molar-refractivity contribution is -0.119. The minimum Gasteiger partial charge on any atom is -0.376 e. The minimum absolute atomic E-state index is 0.0420. The molecule has 1 unspecified atom stereocenters. The number of carbonyl (C=O) groups excluding carboxylic acids is 1. The van der Waals surface area contributed by atoms with E-state index < -0.39 is 0 Å². The van der Waals surface area contributed by atoms with Gasteiger partial charge in [-0.05, 0) is 61.4 Å². The van der Waals surface area contributed by atoms with Gasteiger partial charge in [0, 0.05) is 17.9 Å². The van der Waals surface area contributed by atoms with E-state index in [2.05, 4.69) is 4.98 Å². The number of hydrogen-bond acceptors (Lipinski definition) is 5. The zero-order valence-corrected chi connectivity index (χ0v) is 18.7. The van der Waals surface area contributed by atoms with Gasteiger partial charge in [-0.2, -0.15) is 0 Å². The van der Waals surface area contributed by atoms with Crippen LogP contribution in [0.2, 0.25) is 5.02 Å². The number of thioether (sulfide) groups is 1. The molecule has 1 amide bonds. The summed E-state index contributed by atoms with van der Waals surface area (Å²) >= 11 is 9.39. The molecule has 2 aromatic carbocycles. The molecule has 0 radical (unpaired) electrons. The Balaban J connectivity index is 1.42. The molecule has 1 aromatic heterocycles. The average molecular weight is 465 g/mol. The zero-order valence-electron chi connectivity index (χ0n) is 16.4. The van der Waals surface area contributed by atoms with Gasteiger partial charge in [0.15, 0.2) is 5.13 Å². The first-order valence-corrected chi connectivity index (χ1v) is 12.1. The number of benzene rings is 2. The maximum Gasteiger partial charge on any atom is 0.228 e. The molecule has 3 aromatic rings. The summed E-state index contributed by atoms with van der Waals surface area (Å²) in [5, 5.41) is 1.26. The van der Waals surface area contributed by atoms with Crippen LogP contribution < -0.4 is 4.90 Å². The number of para-hydroxylation sites is 1. The van der Waals surface area contributed by atoms with Crippen LogP contribution in [0.1, 0.15) is 25.7 Å². The van der Waals surface area contributed by atoms with Gasteiger partial charge in [0.2, 0.25) is 5.91 Å². The monoisotopic (exact) mass is 464 g/mol. The predicted molar refractivity (Wildman–Crippen MR) is 122 cm³/mol. The van der Waals surface area contributed by atoms with Gasteiger partial charge < -0.3 is 4.74 Å². The topological polar surface area (TPSA) is 42.4 Å². The molecule has 1 aliphatic heterocycles. The van der Waals surface area contributed by atoms with E-state index in [1.165, 1.54) is 23.5 Å². The van der Waals surface area contributed by atoms with Crippen molar-refractivity contribution in [2.75, 3.05) is 23.8 Å². The maximum atomic E-state index is 13.1. The summed E-state index contributed by atoms with van der Waals surface area (Å²) < 4.78 is 19.8. The van der Waals surface area contributed by atoms with Crippen LogP contribution in [0.25, 0.3) is 10.2 Å². The number of halogens is 2. The van der Waals surface area contributed by atoms with E-state index in [1.54, 1.807) is 28.8 Å². The number of carbonyl (C=O) groups is 1. The van der Waals surface area contributed by atoms with Crippen LogP contribution in [-0.4, -0.2) is 35.9 Å². The number of anilines is 1. The van der Waals surface area contributed by atoms with Crippen molar-refractivity contribution in [1.82, 2.24) is 4.98 Å². The van der Waals surface area contributed by atoms with Gasteiger partial charge in [-0.25, -0.2) is 9.37 Å². The summed E-state index contributed by atoms with van der Waals surface area (Å²) in [5.41, 5.74) is 0.733. The van der Waals surface area contributed by atoms with Crippen molar-refractivity contribution in [3.8, 4) is 0 Å². The molecule has 4 rings (SSSR count). The number of rotatable bonds is 8. The number of aromatic nitrogens is 1. The Morgan fingerprint density at radius 2 is 2.13 bits per heavy atom. The predicted octanol–water partition coefficient (Wildman–Crippen LogP) is 6.17. The van der Waals surface area contributed by atoms with E-state index in [9.17, 15) is 9.18 Å². The molecule has 2 heterocycles. The number of ether oxygens (including phenoxy) is 1. The van der Waals surface area contributed by atoms with Crippen molar-refractivity contribution >= 4 is 56.0 Å². The van der Waals surface area contributed by atoms with E-state index in [1.807, 2.05) is 18.2 Å². The molecular weight excluding hydrogens is 443 g/mol. The number of amides is 1. The van der Waals surface area contributed by atoms with Crippen LogP contribution in [-0.2, 0) is 9.53 Å². The van der Waals surface area contributed by atoms with Crippen LogP contribution in [0.5, 0.6) is 0 Å². The zero-order chi connectivity index (χ0) is 20.9. The summed E-state index contributed by atoms with van der Waals surface area (Å²) in [6.07, 6.45) is 3.17. The van der Waals surface area contributed by atoms with Gasteiger partial charge in [-0.1, -0.05) is 29.0 Å². The van der Waals surface area contributed by atoms with Gasteiger partial charge in [0.05, 0.1) is 22.4 Å². The third-order valence-electron chi connectivity index (χ3n) is 4.92. The first-order chi connectivity index (χ1) is 14.6. The van der Waals surface area contributed by atoms with Gasteiger partial charge in [-0.15, -0.1) is 11.8 Å². The molecule has 30 heavy (non-hydrogen) atoms. The summed E-state index contributed by atoms with van der Waals surface area (Å²) in [6.45, 7) is 1.26. The highest BCUT2D eigenvalue weighted by Gasteiger charge is 2.26. The van der Waals surface area contributed by atoms with Crippen molar-refractivity contribution in [3.63, 3.8) is 0 Å². The Kier molecular flexibility index (Phi) is 7.25. The second kappa shape index (κ2) is 10.1. The van der Waals surface area contributed by atoms with E-state index in [0.29, 0.717) is 23.1 Å².